The summed E-state index contributed by atoms with van der Waals surface area (Å²) in [4.78, 5) is 14.8. The van der Waals surface area contributed by atoms with E-state index in [-0.39, 0.29) is 18.5 Å². The average Bonchev–Trinajstić information content (AvgIpc) is 2.85. The second-order valence-electron chi connectivity index (χ2n) is 5.69. The lowest BCUT2D eigenvalue weighted by molar-refractivity contribution is -0.624. The molecule has 23 heavy (non-hydrogen) atoms. The van der Waals surface area contributed by atoms with Crippen molar-refractivity contribution in [3.8, 4) is 0 Å². The van der Waals surface area contributed by atoms with Crippen molar-refractivity contribution in [3.63, 3.8) is 0 Å². The van der Waals surface area contributed by atoms with E-state index in [1.807, 2.05) is 0 Å². The largest absolute Gasteiger partial charge is 0.446 e. The molecule has 3 atom stereocenters. The number of nitrogens with one attached hydrogen (secondary N) is 2. The predicted molar refractivity (Wildman–Crippen MR) is 72.4 cm³/mol. The number of primary amides is 1. The summed E-state index contributed by atoms with van der Waals surface area (Å²) in [5, 5.41) is 46.1. The van der Waals surface area contributed by atoms with E-state index in [2.05, 4.69) is 15.6 Å². The Morgan fingerprint density at radius 3 is 2.65 bits per heavy atom. The third-order valence-electron chi connectivity index (χ3n) is 4.33. The van der Waals surface area contributed by atoms with Gasteiger partial charge in [-0.25, -0.2) is 14.4 Å². The third kappa shape index (κ3) is 1.78. The minimum atomic E-state index is -3.09. The molecule has 0 aromatic heterocycles. The maximum Gasteiger partial charge on any atom is 0.404 e. The van der Waals surface area contributed by atoms with Gasteiger partial charge in [-0.15, -0.1) is 0 Å². The van der Waals surface area contributed by atoms with Crippen LogP contribution in [-0.2, 0) is 4.74 Å². The molecule has 0 radical (unpaired) electrons. The number of rotatable bonds is 2. The number of amides is 1. The van der Waals surface area contributed by atoms with E-state index in [9.17, 15) is 25.2 Å². The quantitative estimate of drug-likeness (QED) is 0.172. The standard InChI is InChI=1S/C10H17N7O6/c11-5-15-4-3(1-23-7(13)18)14-6(12)17-2-8(19,20)10(21,22)9(4,17)16-5/h3-4,19-22H,1-2H2,(H7,11,12,13,14,15,16,18)/p+1/t3-,4-,9-/m0/s1. The molecular formula is C10H18N7O6+. The summed E-state index contributed by atoms with van der Waals surface area (Å²) in [6.45, 7) is -0.941. The molecule has 3 aliphatic rings. The maximum absolute atomic E-state index is 10.8. The molecule has 3 rings (SSSR count). The molecule has 1 fully saturated rings. The fraction of sp³-hybridized carbons (Fsp3) is 0.700. The Bertz CT molecular complexity index is 631. The van der Waals surface area contributed by atoms with Crippen molar-refractivity contribution in [2.24, 2.45) is 22.2 Å². The van der Waals surface area contributed by atoms with Gasteiger partial charge in [-0.1, -0.05) is 0 Å². The molecule has 1 amide bonds. The van der Waals surface area contributed by atoms with E-state index < -0.39 is 42.0 Å². The fourth-order valence-electron chi connectivity index (χ4n) is 3.32. The molecule has 128 valence electrons. The zero-order chi connectivity index (χ0) is 17.2. The first-order valence-electron chi connectivity index (χ1n) is 6.63. The average molecular weight is 332 g/mol. The van der Waals surface area contributed by atoms with Gasteiger partial charge < -0.3 is 41.9 Å². The van der Waals surface area contributed by atoms with Gasteiger partial charge in [-0.2, -0.15) is 0 Å². The Balaban J connectivity index is 2.09. The van der Waals surface area contributed by atoms with Crippen molar-refractivity contribution in [1.29, 1.82) is 0 Å². The van der Waals surface area contributed by atoms with Gasteiger partial charge >= 0.3 is 12.1 Å². The predicted octanol–water partition coefficient (Wildman–Crippen LogP) is -6.26. The second-order valence-corrected chi connectivity index (χ2v) is 5.69. The molecule has 13 nitrogen and oxygen atoms in total. The molecule has 12 N–H and O–H groups in total. The van der Waals surface area contributed by atoms with E-state index in [1.165, 1.54) is 0 Å². The van der Waals surface area contributed by atoms with Crippen LogP contribution < -0.4 is 27.8 Å². The Labute approximate surface area is 129 Å². The van der Waals surface area contributed by atoms with Crippen molar-refractivity contribution in [3.05, 3.63) is 0 Å². The number of carbonyl (C=O) groups is 1. The summed E-state index contributed by atoms with van der Waals surface area (Å²) in [7, 11) is 0. The lowest BCUT2D eigenvalue weighted by Gasteiger charge is -2.43. The summed E-state index contributed by atoms with van der Waals surface area (Å²) in [6, 6.07) is -1.93. The third-order valence-corrected chi connectivity index (χ3v) is 4.33. The van der Waals surface area contributed by atoms with Gasteiger partial charge in [0.2, 0.25) is 5.66 Å². The van der Waals surface area contributed by atoms with Crippen LogP contribution in [0.5, 0.6) is 0 Å². The molecular weight excluding hydrogens is 314 g/mol. The van der Waals surface area contributed by atoms with Gasteiger partial charge in [-0.05, 0) is 0 Å². The summed E-state index contributed by atoms with van der Waals surface area (Å²) in [5.41, 5.74) is 14.4. The number of hydrogen-bond acceptors (Lipinski definition) is 11. The molecule has 0 aliphatic carbocycles. The lowest BCUT2D eigenvalue weighted by atomic mass is 9.85. The van der Waals surface area contributed by atoms with Crippen LogP contribution in [0.2, 0.25) is 0 Å². The van der Waals surface area contributed by atoms with Crippen LogP contribution in [0.1, 0.15) is 0 Å². The highest BCUT2D eigenvalue weighted by Gasteiger charge is 2.80. The van der Waals surface area contributed by atoms with E-state index in [0.717, 1.165) is 4.58 Å². The molecule has 1 spiro atoms. The molecule has 13 heteroatoms. The first-order chi connectivity index (χ1) is 10.5. The van der Waals surface area contributed by atoms with Crippen LogP contribution in [0.4, 0.5) is 4.79 Å². The fourth-order valence-corrected chi connectivity index (χ4v) is 3.32. The summed E-state index contributed by atoms with van der Waals surface area (Å²) < 4.78 is 5.80. The van der Waals surface area contributed by atoms with E-state index in [1.54, 1.807) is 0 Å². The Morgan fingerprint density at radius 2 is 2.04 bits per heavy atom. The van der Waals surface area contributed by atoms with Crippen LogP contribution in [-0.4, -0.2) is 85.5 Å². The smallest absolute Gasteiger partial charge is 0.404 e. The molecule has 0 bridgehead atoms. The summed E-state index contributed by atoms with van der Waals surface area (Å²) in [6.07, 6.45) is -1.05. The van der Waals surface area contributed by atoms with Crippen molar-refractivity contribution >= 4 is 18.0 Å². The molecule has 0 aromatic carbocycles. The van der Waals surface area contributed by atoms with E-state index in [0.29, 0.717) is 0 Å². The van der Waals surface area contributed by atoms with Crippen molar-refractivity contribution < 1.29 is 34.5 Å². The number of aliphatic hydroxyl groups is 4. The van der Waals surface area contributed by atoms with Gasteiger partial charge in [-0.3, -0.25) is 11.1 Å². The first-order valence-corrected chi connectivity index (χ1v) is 6.63. The van der Waals surface area contributed by atoms with E-state index in [4.69, 9.17) is 21.9 Å². The van der Waals surface area contributed by atoms with Crippen LogP contribution in [0, 0.1) is 0 Å². The van der Waals surface area contributed by atoms with Crippen molar-refractivity contribution in [2.75, 3.05) is 13.2 Å². The molecule has 0 aromatic rings. The summed E-state index contributed by atoms with van der Waals surface area (Å²) >= 11 is 0. The number of ether oxygens (including phenoxy) is 1. The van der Waals surface area contributed by atoms with Crippen LogP contribution in [0.15, 0.2) is 4.99 Å². The van der Waals surface area contributed by atoms with Crippen LogP contribution in [0.25, 0.3) is 0 Å². The van der Waals surface area contributed by atoms with Gasteiger partial charge in [0.25, 0.3) is 11.6 Å². The van der Waals surface area contributed by atoms with E-state index >= 15 is 0 Å². The number of hydrogen-bond donors (Lipinski definition) is 9. The van der Waals surface area contributed by atoms with Gasteiger partial charge in [0.15, 0.2) is 12.0 Å². The SMILES string of the molecule is NC(=O)OC[C@@H]1NC(N)=[N+]2CC(O)(O)C(O)(O)[C@@]23NC(N)=N[C@@H]13. The van der Waals surface area contributed by atoms with Gasteiger partial charge in [0, 0.05) is 0 Å². The number of guanidine groups is 2. The van der Waals surface area contributed by atoms with Crippen LogP contribution >= 0.6 is 0 Å². The minimum absolute atomic E-state index is 0.117. The molecule has 0 unspecified atom stereocenters. The number of carbonyl (C=O) groups excluding carboxylic acids is 1. The topological polar surface area (TPSA) is 225 Å². The van der Waals surface area contributed by atoms with Crippen molar-refractivity contribution in [1.82, 2.24) is 10.6 Å². The highest BCUT2D eigenvalue weighted by molar-refractivity contribution is 5.83. The number of aliphatic imine (C=N–C) groups is 1. The highest BCUT2D eigenvalue weighted by Crippen LogP contribution is 2.44. The number of nitrogens with two attached hydrogens (primary N) is 3. The lowest BCUT2D eigenvalue weighted by Crippen LogP contribution is -2.79. The highest BCUT2D eigenvalue weighted by atomic mass is 16.6. The molecule has 3 aliphatic heterocycles. The molecule has 0 saturated carbocycles. The first kappa shape index (κ1) is 15.5. The Morgan fingerprint density at radius 1 is 1.39 bits per heavy atom. The van der Waals surface area contributed by atoms with Crippen LogP contribution in [0.3, 0.4) is 0 Å². The molecule has 3 heterocycles. The van der Waals surface area contributed by atoms with Gasteiger partial charge in [0.1, 0.15) is 19.2 Å². The molecule has 1 saturated heterocycles. The second kappa shape index (κ2) is 4.35. The normalized spacial score (nSPS) is 36.4. The van der Waals surface area contributed by atoms with Crippen molar-refractivity contribution in [2.45, 2.75) is 29.3 Å². The monoisotopic (exact) mass is 332 g/mol. The number of nitrogens with zero attached hydrogens (tertiary/aromatic N) is 2. The Kier molecular flexibility index (Phi) is 2.94. The summed E-state index contributed by atoms with van der Waals surface area (Å²) in [5.74, 6) is -6.31. The minimum Gasteiger partial charge on any atom is -0.446 e. The Hall–Kier alpha value is -2.35. The van der Waals surface area contributed by atoms with Gasteiger partial charge in [0.05, 0.1) is 0 Å². The maximum atomic E-state index is 10.8. The zero-order valence-electron chi connectivity index (χ0n) is 11.8. The zero-order valence-corrected chi connectivity index (χ0v) is 11.8.